The van der Waals surface area contributed by atoms with Crippen LogP contribution in [0.4, 0.5) is 10.5 Å². The molecule has 6 nitrogen and oxygen atoms in total. The van der Waals surface area contributed by atoms with Crippen LogP contribution in [0.5, 0.6) is 0 Å². The van der Waals surface area contributed by atoms with Gasteiger partial charge in [0.25, 0.3) is 0 Å². The van der Waals surface area contributed by atoms with E-state index >= 15 is 0 Å². The van der Waals surface area contributed by atoms with Crippen LogP contribution in [0.15, 0.2) is 24.3 Å². The van der Waals surface area contributed by atoms with Crippen LogP contribution in [0, 0.1) is 0 Å². The highest BCUT2D eigenvalue weighted by Gasteiger charge is 2.32. The van der Waals surface area contributed by atoms with Crippen LogP contribution >= 0.6 is 0 Å². The Hall–Kier alpha value is -2.37. The summed E-state index contributed by atoms with van der Waals surface area (Å²) in [5.41, 5.74) is 1.63. The summed E-state index contributed by atoms with van der Waals surface area (Å²) in [5.74, 6) is -0.0585. The minimum atomic E-state index is -0.426. The van der Waals surface area contributed by atoms with Crippen molar-refractivity contribution < 1.29 is 19.1 Å². The number of carbonyl (C=O) groups is 3. The molecule has 0 bridgehead atoms. The van der Waals surface area contributed by atoms with E-state index in [1.165, 1.54) is 11.8 Å². The Morgan fingerprint density at radius 2 is 1.95 bits per heavy atom. The summed E-state index contributed by atoms with van der Waals surface area (Å²) in [6.07, 6.45) is -0.390. The normalized spacial score (nSPS) is 17.5. The van der Waals surface area contributed by atoms with E-state index in [0.717, 1.165) is 11.3 Å². The number of Topliss-reactive ketones (excluding diaryl/α,β-unsaturated/α-hetero) is 1. The van der Waals surface area contributed by atoms with Crippen molar-refractivity contribution in [3.63, 3.8) is 0 Å². The summed E-state index contributed by atoms with van der Waals surface area (Å²) >= 11 is 0. The first-order chi connectivity index (χ1) is 9.95. The zero-order chi connectivity index (χ0) is 15.4. The Morgan fingerprint density at radius 1 is 1.29 bits per heavy atom. The molecule has 1 aromatic rings. The maximum absolute atomic E-state index is 11.8. The van der Waals surface area contributed by atoms with Gasteiger partial charge in [-0.25, -0.2) is 4.79 Å². The zero-order valence-electron chi connectivity index (χ0n) is 12.1. The van der Waals surface area contributed by atoms with Crippen LogP contribution in [0.3, 0.4) is 0 Å². The molecular weight excluding hydrogens is 272 g/mol. The molecule has 1 heterocycles. The number of amides is 2. The zero-order valence-corrected chi connectivity index (χ0v) is 12.1. The van der Waals surface area contributed by atoms with Crippen molar-refractivity contribution in [2.75, 3.05) is 18.0 Å². The first-order valence-electron chi connectivity index (χ1n) is 6.76. The molecule has 1 aromatic carbocycles. The fraction of sp³-hybridized carbons (Fsp3) is 0.400. The number of rotatable bonds is 5. The number of nitrogens with one attached hydrogen (secondary N) is 1. The minimum Gasteiger partial charge on any atom is -0.442 e. The molecule has 0 saturated carbocycles. The van der Waals surface area contributed by atoms with Gasteiger partial charge in [0.2, 0.25) is 5.91 Å². The third kappa shape index (κ3) is 4.05. The fourth-order valence-electron chi connectivity index (χ4n) is 2.18. The van der Waals surface area contributed by atoms with Gasteiger partial charge in [-0.2, -0.15) is 0 Å². The average Bonchev–Trinajstić information content (AvgIpc) is 2.78. The van der Waals surface area contributed by atoms with Gasteiger partial charge < -0.3 is 10.1 Å². The van der Waals surface area contributed by atoms with Crippen molar-refractivity contribution in [2.24, 2.45) is 0 Å². The molecule has 0 unspecified atom stereocenters. The second-order valence-electron chi connectivity index (χ2n) is 5.10. The second-order valence-corrected chi connectivity index (χ2v) is 5.10. The Balaban J connectivity index is 1.99. The van der Waals surface area contributed by atoms with Crippen molar-refractivity contribution in [1.29, 1.82) is 0 Å². The van der Waals surface area contributed by atoms with Crippen LogP contribution in [0.1, 0.15) is 19.4 Å². The van der Waals surface area contributed by atoms with Gasteiger partial charge in [0.1, 0.15) is 11.9 Å². The lowest BCUT2D eigenvalue weighted by Crippen LogP contribution is -2.33. The number of ether oxygens (including phenoxy) is 1. The molecule has 21 heavy (non-hydrogen) atoms. The Morgan fingerprint density at radius 3 is 2.52 bits per heavy atom. The Bertz CT molecular complexity index is 553. The molecule has 1 aliphatic rings. The lowest BCUT2D eigenvalue weighted by atomic mass is 10.1. The SMILES string of the molecule is CC(=O)Cc1ccc(N2C[C@H](CNC(C)=O)OC2=O)cc1. The highest BCUT2D eigenvalue weighted by molar-refractivity contribution is 5.90. The number of nitrogens with zero attached hydrogens (tertiary/aromatic N) is 1. The summed E-state index contributed by atoms with van der Waals surface area (Å²) in [6.45, 7) is 3.66. The Labute approximate surface area is 123 Å². The number of hydrogen-bond donors (Lipinski definition) is 1. The predicted molar refractivity (Wildman–Crippen MR) is 77.1 cm³/mol. The molecule has 1 aliphatic heterocycles. The number of hydrogen-bond acceptors (Lipinski definition) is 4. The minimum absolute atomic E-state index is 0.0960. The third-order valence-electron chi connectivity index (χ3n) is 3.15. The van der Waals surface area contributed by atoms with Gasteiger partial charge in [0.15, 0.2) is 0 Å². The number of anilines is 1. The summed E-state index contributed by atoms with van der Waals surface area (Å²) in [4.78, 5) is 35.3. The summed E-state index contributed by atoms with van der Waals surface area (Å²) < 4.78 is 5.19. The molecule has 1 fully saturated rings. The van der Waals surface area contributed by atoms with Gasteiger partial charge in [0.05, 0.1) is 13.1 Å². The van der Waals surface area contributed by atoms with Gasteiger partial charge in [-0.15, -0.1) is 0 Å². The van der Waals surface area contributed by atoms with Crippen molar-refractivity contribution >= 4 is 23.5 Å². The highest BCUT2D eigenvalue weighted by atomic mass is 16.6. The van der Waals surface area contributed by atoms with Gasteiger partial charge in [-0.05, 0) is 24.6 Å². The molecule has 2 rings (SSSR count). The van der Waals surface area contributed by atoms with Crippen LogP contribution < -0.4 is 10.2 Å². The quantitative estimate of drug-likeness (QED) is 0.886. The van der Waals surface area contributed by atoms with Crippen LogP contribution in [0.2, 0.25) is 0 Å². The molecular formula is C15H18N2O4. The van der Waals surface area contributed by atoms with E-state index in [0.29, 0.717) is 19.5 Å². The van der Waals surface area contributed by atoms with Crippen LogP contribution in [-0.2, 0) is 20.7 Å². The van der Waals surface area contributed by atoms with Gasteiger partial charge in [0, 0.05) is 19.0 Å². The molecule has 1 saturated heterocycles. The summed E-state index contributed by atoms with van der Waals surface area (Å²) in [6, 6.07) is 7.23. The fourth-order valence-corrected chi connectivity index (χ4v) is 2.18. The van der Waals surface area contributed by atoms with E-state index in [1.54, 1.807) is 19.1 Å². The molecule has 0 aliphatic carbocycles. The van der Waals surface area contributed by atoms with Crippen molar-refractivity contribution in [3.05, 3.63) is 29.8 Å². The van der Waals surface area contributed by atoms with E-state index in [-0.39, 0.29) is 17.8 Å². The van der Waals surface area contributed by atoms with E-state index < -0.39 is 6.09 Å². The monoisotopic (exact) mass is 290 g/mol. The number of cyclic esters (lactones) is 1. The predicted octanol–water partition coefficient (Wildman–Crippen LogP) is 1.28. The van der Waals surface area contributed by atoms with E-state index in [2.05, 4.69) is 5.32 Å². The number of carbonyl (C=O) groups excluding carboxylic acids is 3. The highest BCUT2D eigenvalue weighted by Crippen LogP contribution is 2.22. The third-order valence-corrected chi connectivity index (χ3v) is 3.15. The van der Waals surface area contributed by atoms with E-state index in [1.807, 2.05) is 12.1 Å². The largest absolute Gasteiger partial charge is 0.442 e. The lowest BCUT2D eigenvalue weighted by Gasteiger charge is -2.13. The molecule has 112 valence electrons. The summed E-state index contributed by atoms with van der Waals surface area (Å²) in [5, 5.41) is 2.63. The molecule has 2 amide bonds. The lowest BCUT2D eigenvalue weighted by molar-refractivity contribution is -0.119. The maximum atomic E-state index is 11.8. The van der Waals surface area contributed by atoms with Crippen molar-refractivity contribution in [1.82, 2.24) is 5.32 Å². The topological polar surface area (TPSA) is 75.7 Å². The Kier molecular flexibility index (Phi) is 4.57. The first-order valence-corrected chi connectivity index (χ1v) is 6.76. The molecule has 6 heteroatoms. The standard InChI is InChI=1S/C15H18N2O4/c1-10(18)7-12-3-5-13(6-4-12)17-9-14(21-15(17)20)8-16-11(2)19/h3-6,14H,7-9H2,1-2H3,(H,16,19)/t14-/m0/s1. The number of benzene rings is 1. The van der Waals surface area contributed by atoms with Crippen LogP contribution in [0.25, 0.3) is 0 Å². The smallest absolute Gasteiger partial charge is 0.414 e. The van der Waals surface area contributed by atoms with E-state index in [4.69, 9.17) is 4.74 Å². The van der Waals surface area contributed by atoms with Gasteiger partial charge in [-0.1, -0.05) is 12.1 Å². The molecule has 0 spiro atoms. The van der Waals surface area contributed by atoms with Crippen molar-refractivity contribution in [3.8, 4) is 0 Å². The van der Waals surface area contributed by atoms with Crippen molar-refractivity contribution in [2.45, 2.75) is 26.4 Å². The molecule has 1 N–H and O–H groups in total. The first kappa shape index (κ1) is 15.0. The number of ketones is 1. The maximum Gasteiger partial charge on any atom is 0.414 e. The van der Waals surface area contributed by atoms with E-state index in [9.17, 15) is 14.4 Å². The molecule has 0 aromatic heterocycles. The van der Waals surface area contributed by atoms with Gasteiger partial charge >= 0.3 is 6.09 Å². The molecule has 0 radical (unpaired) electrons. The van der Waals surface area contributed by atoms with Gasteiger partial charge in [-0.3, -0.25) is 14.5 Å². The second kappa shape index (κ2) is 6.39. The van der Waals surface area contributed by atoms with Crippen LogP contribution in [-0.4, -0.2) is 37.0 Å². The molecule has 1 atom stereocenters. The summed E-state index contributed by atoms with van der Waals surface area (Å²) in [7, 11) is 0. The average molecular weight is 290 g/mol.